The van der Waals surface area contributed by atoms with Gasteiger partial charge in [-0.2, -0.15) is 0 Å². The Balaban J connectivity index is 3.09. The Hall–Kier alpha value is -1.22. The minimum Gasteiger partial charge on any atom is -0.389 e. The number of halogens is 2. The van der Waals surface area contributed by atoms with Gasteiger partial charge in [0.1, 0.15) is 11.6 Å². The molecule has 1 N–H and O–H groups in total. The van der Waals surface area contributed by atoms with Crippen molar-refractivity contribution in [3.8, 4) is 0 Å². The highest BCUT2D eigenvalue weighted by Crippen LogP contribution is 2.20. The van der Waals surface area contributed by atoms with Gasteiger partial charge in [0.15, 0.2) is 0 Å². The molecule has 0 saturated heterocycles. The first-order valence-electron chi connectivity index (χ1n) is 3.84. The van der Waals surface area contributed by atoms with E-state index >= 15 is 0 Å². The second-order valence-corrected chi connectivity index (χ2v) is 2.83. The molecule has 1 nitrogen and oxygen atoms in total. The number of benzene rings is 1. The molecule has 0 spiro atoms. The van der Waals surface area contributed by atoms with Crippen LogP contribution < -0.4 is 0 Å². The summed E-state index contributed by atoms with van der Waals surface area (Å²) in [5.74, 6) is -1.34. The SMILES string of the molecule is C=C(c1ccc(F)cc1F)[C@H](C)O. The summed E-state index contributed by atoms with van der Waals surface area (Å²) in [5.41, 5.74) is 0.397. The lowest BCUT2D eigenvalue weighted by molar-refractivity contribution is 0.253. The van der Waals surface area contributed by atoms with Gasteiger partial charge in [-0.3, -0.25) is 0 Å². The summed E-state index contributed by atoms with van der Waals surface area (Å²) in [4.78, 5) is 0. The van der Waals surface area contributed by atoms with Crippen molar-refractivity contribution in [3.63, 3.8) is 0 Å². The summed E-state index contributed by atoms with van der Waals surface area (Å²) >= 11 is 0. The average Bonchev–Trinajstić information content (AvgIpc) is 2.03. The highest BCUT2D eigenvalue weighted by atomic mass is 19.1. The normalized spacial score (nSPS) is 12.6. The fraction of sp³-hybridized carbons (Fsp3) is 0.200. The van der Waals surface area contributed by atoms with Crippen LogP contribution in [0.5, 0.6) is 0 Å². The molecule has 0 radical (unpaired) electrons. The molecule has 0 heterocycles. The van der Waals surface area contributed by atoms with E-state index in [0.717, 1.165) is 12.1 Å². The lowest BCUT2D eigenvalue weighted by Crippen LogP contribution is -2.04. The number of hydrogen-bond acceptors (Lipinski definition) is 1. The minimum atomic E-state index is -0.833. The predicted octanol–water partition coefficient (Wildman–Crippen LogP) is 2.36. The fourth-order valence-electron chi connectivity index (χ4n) is 0.975. The van der Waals surface area contributed by atoms with Gasteiger partial charge in [-0.05, 0) is 24.6 Å². The fourth-order valence-corrected chi connectivity index (χ4v) is 0.975. The Bertz CT molecular complexity index is 332. The van der Waals surface area contributed by atoms with Crippen molar-refractivity contribution in [1.82, 2.24) is 0 Å². The van der Waals surface area contributed by atoms with Gasteiger partial charge in [0.25, 0.3) is 0 Å². The van der Waals surface area contributed by atoms with E-state index in [1.807, 2.05) is 0 Å². The molecule has 1 rings (SSSR count). The highest BCUT2D eigenvalue weighted by molar-refractivity contribution is 5.66. The molecule has 13 heavy (non-hydrogen) atoms. The van der Waals surface area contributed by atoms with Crippen molar-refractivity contribution < 1.29 is 13.9 Å². The first kappa shape index (κ1) is 9.86. The molecule has 1 atom stereocenters. The highest BCUT2D eigenvalue weighted by Gasteiger charge is 2.10. The van der Waals surface area contributed by atoms with E-state index in [2.05, 4.69) is 6.58 Å². The second kappa shape index (κ2) is 3.66. The molecule has 0 bridgehead atoms. The van der Waals surface area contributed by atoms with E-state index in [-0.39, 0.29) is 11.1 Å². The maximum Gasteiger partial charge on any atom is 0.133 e. The molecule has 0 fully saturated rings. The van der Waals surface area contributed by atoms with Crippen molar-refractivity contribution in [2.24, 2.45) is 0 Å². The van der Waals surface area contributed by atoms with Gasteiger partial charge in [-0.1, -0.05) is 6.58 Å². The zero-order valence-corrected chi connectivity index (χ0v) is 7.22. The lowest BCUT2D eigenvalue weighted by Gasteiger charge is -2.09. The van der Waals surface area contributed by atoms with E-state index < -0.39 is 17.7 Å². The van der Waals surface area contributed by atoms with Crippen molar-refractivity contribution in [1.29, 1.82) is 0 Å². The summed E-state index contributed by atoms with van der Waals surface area (Å²) in [6, 6.07) is 3.16. The number of aliphatic hydroxyl groups is 1. The van der Waals surface area contributed by atoms with Crippen molar-refractivity contribution in [3.05, 3.63) is 42.0 Å². The predicted molar refractivity (Wildman–Crippen MR) is 47.1 cm³/mol. The first-order chi connectivity index (χ1) is 6.02. The molecular weight excluding hydrogens is 174 g/mol. The van der Waals surface area contributed by atoms with E-state index in [9.17, 15) is 8.78 Å². The molecule has 70 valence electrons. The molecule has 0 unspecified atom stereocenters. The molecule has 0 saturated carbocycles. The zero-order chi connectivity index (χ0) is 10.0. The van der Waals surface area contributed by atoms with Crippen molar-refractivity contribution >= 4 is 5.57 Å². The Kier molecular flexibility index (Phi) is 2.78. The molecule has 0 amide bonds. The Morgan fingerprint density at radius 2 is 2.08 bits per heavy atom. The average molecular weight is 184 g/mol. The first-order valence-corrected chi connectivity index (χ1v) is 3.84. The zero-order valence-electron chi connectivity index (χ0n) is 7.22. The third kappa shape index (κ3) is 2.12. The van der Waals surface area contributed by atoms with Crippen LogP contribution in [0.3, 0.4) is 0 Å². The smallest absolute Gasteiger partial charge is 0.133 e. The maximum atomic E-state index is 13.0. The van der Waals surface area contributed by atoms with Crippen LogP contribution in [0.4, 0.5) is 8.78 Å². The van der Waals surface area contributed by atoms with Crippen LogP contribution in [0.1, 0.15) is 12.5 Å². The summed E-state index contributed by atoms with van der Waals surface area (Å²) in [6.07, 6.45) is -0.833. The number of rotatable bonds is 2. The molecule has 1 aromatic rings. The Morgan fingerprint density at radius 1 is 1.46 bits per heavy atom. The van der Waals surface area contributed by atoms with Crippen LogP contribution in [-0.2, 0) is 0 Å². The van der Waals surface area contributed by atoms with Crippen molar-refractivity contribution in [2.45, 2.75) is 13.0 Å². The molecule has 0 aliphatic heterocycles. The number of aliphatic hydroxyl groups excluding tert-OH is 1. The van der Waals surface area contributed by atoms with Gasteiger partial charge in [0, 0.05) is 11.6 Å². The minimum absolute atomic E-state index is 0.149. The van der Waals surface area contributed by atoms with Crippen LogP contribution in [0.25, 0.3) is 5.57 Å². The van der Waals surface area contributed by atoms with E-state index in [1.54, 1.807) is 0 Å². The quantitative estimate of drug-likeness (QED) is 0.748. The summed E-state index contributed by atoms with van der Waals surface area (Å²) in [7, 11) is 0. The van der Waals surface area contributed by atoms with Crippen LogP contribution >= 0.6 is 0 Å². The van der Waals surface area contributed by atoms with Crippen LogP contribution in [-0.4, -0.2) is 11.2 Å². The second-order valence-electron chi connectivity index (χ2n) is 2.83. The number of hydrogen-bond donors (Lipinski definition) is 1. The third-order valence-electron chi connectivity index (χ3n) is 1.78. The summed E-state index contributed by atoms with van der Waals surface area (Å²) in [6.45, 7) is 4.98. The molecule has 3 heteroatoms. The standard InChI is InChI=1S/C10H10F2O/c1-6(7(2)13)9-4-3-8(11)5-10(9)12/h3-5,7,13H,1H2,2H3/t7-/m0/s1. The molecule has 0 aliphatic rings. The molecular formula is C10H10F2O. The van der Waals surface area contributed by atoms with Crippen LogP contribution in [0.2, 0.25) is 0 Å². The van der Waals surface area contributed by atoms with Gasteiger partial charge < -0.3 is 5.11 Å². The lowest BCUT2D eigenvalue weighted by atomic mass is 10.0. The van der Waals surface area contributed by atoms with E-state index in [1.165, 1.54) is 13.0 Å². The van der Waals surface area contributed by atoms with Crippen LogP contribution in [0.15, 0.2) is 24.8 Å². The Labute approximate surface area is 75.3 Å². The molecule has 0 aromatic heterocycles. The van der Waals surface area contributed by atoms with Gasteiger partial charge in [0.2, 0.25) is 0 Å². The monoisotopic (exact) mass is 184 g/mol. The van der Waals surface area contributed by atoms with E-state index in [4.69, 9.17) is 5.11 Å². The van der Waals surface area contributed by atoms with Crippen molar-refractivity contribution in [2.75, 3.05) is 0 Å². The largest absolute Gasteiger partial charge is 0.389 e. The molecule has 1 aromatic carbocycles. The van der Waals surface area contributed by atoms with Gasteiger partial charge >= 0.3 is 0 Å². The summed E-state index contributed by atoms with van der Waals surface area (Å²) < 4.78 is 25.5. The Morgan fingerprint density at radius 3 is 2.54 bits per heavy atom. The van der Waals surface area contributed by atoms with Gasteiger partial charge in [-0.25, -0.2) is 8.78 Å². The molecule has 0 aliphatic carbocycles. The van der Waals surface area contributed by atoms with Crippen LogP contribution in [0, 0.1) is 11.6 Å². The topological polar surface area (TPSA) is 20.2 Å². The summed E-state index contributed by atoms with van der Waals surface area (Å²) in [5, 5.41) is 9.11. The van der Waals surface area contributed by atoms with Gasteiger partial charge in [0.05, 0.1) is 6.10 Å². The maximum absolute atomic E-state index is 13.0. The van der Waals surface area contributed by atoms with E-state index in [0.29, 0.717) is 0 Å². The third-order valence-corrected chi connectivity index (χ3v) is 1.78. The van der Waals surface area contributed by atoms with Gasteiger partial charge in [-0.15, -0.1) is 0 Å².